The minimum Gasteiger partial charge on any atom is -0.497 e. The molecule has 0 aliphatic rings. The topological polar surface area (TPSA) is 120 Å². The second-order valence-corrected chi connectivity index (χ2v) is 9.35. The first-order valence-electron chi connectivity index (χ1n) is 11.8. The van der Waals surface area contributed by atoms with E-state index in [1.807, 2.05) is 12.1 Å². The predicted octanol–water partition coefficient (Wildman–Crippen LogP) is 4.50. The van der Waals surface area contributed by atoms with Gasteiger partial charge < -0.3 is 15.2 Å². The number of hydrogen-bond acceptors (Lipinski definition) is 8. The molecule has 0 aliphatic heterocycles. The van der Waals surface area contributed by atoms with Gasteiger partial charge in [0, 0.05) is 23.3 Å². The van der Waals surface area contributed by atoms with Crippen molar-refractivity contribution in [2.45, 2.75) is 25.4 Å². The zero-order valence-corrected chi connectivity index (χ0v) is 21.7. The highest BCUT2D eigenvalue weighted by atomic mass is 32.1. The summed E-state index contributed by atoms with van der Waals surface area (Å²) < 4.78 is 48.0. The van der Waals surface area contributed by atoms with Crippen LogP contribution in [-0.4, -0.2) is 59.9 Å². The summed E-state index contributed by atoms with van der Waals surface area (Å²) in [5.41, 5.74) is 3.54. The Morgan fingerprint density at radius 3 is 2.62 bits per heavy atom. The summed E-state index contributed by atoms with van der Waals surface area (Å²) in [5, 5.41) is 23.0. The first-order valence-corrected chi connectivity index (χ1v) is 12.8. The molecule has 1 amide bonds. The predicted molar refractivity (Wildman–Crippen MR) is 141 cm³/mol. The number of benzene rings is 1. The molecule has 0 bridgehead atoms. The summed E-state index contributed by atoms with van der Waals surface area (Å²) in [7, 11) is 1.57. The third-order valence-corrected chi connectivity index (χ3v) is 6.48. The zero-order chi connectivity index (χ0) is 28.3. The molecule has 1 aromatic carbocycles. The van der Waals surface area contributed by atoms with Crippen LogP contribution in [0.5, 0.6) is 5.75 Å². The molecule has 0 spiro atoms. The number of amides is 1. The standard InChI is InChI=1S/C26H22F3N7O3S/c1-39-18-7-5-16(6-8-18)11-35-12-17(10-32-35)24-23(33-25(38)20-14-40-15-31-20)22(19-4-2-3-9-30-19)34-36(24)13-21(37)26(27,28)29/h2-10,12,14-15,21,37H,11,13H2,1H3,(H,33,38). The van der Waals surface area contributed by atoms with Gasteiger partial charge in [-0.1, -0.05) is 18.2 Å². The molecule has 206 valence electrons. The van der Waals surface area contributed by atoms with Crippen LogP contribution in [0.4, 0.5) is 18.9 Å². The average Bonchev–Trinajstić information content (AvgIpc) is 3.70. The molecule has 5 aromatic rings. The van der Waals surface area contributed by atoms with Crippen LogP contribution in [0.1, 0.15) is 16.1 Å². The Bertz CT molecular complexity index is 1580. The van der Waals surface area contributed by atoms with E-state index in [4.69, 9.17) is 4.74 Å². The number of carbonyl (C=O) groups is 1. The van der Waals surface area contributed by atoms with E-state index in [1.54, 1.807) is 53.7 Å². The summed E-state index contributed by atoms with van der Waals surface area (Å²) in [6, 6.07) is 12.3. The molecule has 40 heavy (non-hydrogen) atoms. The molecular weight excluding hydrogens is 547 g/mol. The number of alkyl halides is 3. The van der Waals surface area contributed by atoms with Gasteiger partial charge in [-0.3, -0.25) is 19.1 Å². The van der Waals surface area contributed by atoms with Crippen LogP contribution in [0.2, 0.25) is 0 Å². The number of aromatic nitrogens is 6. The van der Waals surface area contributed by atoms with Crippen molar-refractivity contribution < 1.29 is 27.8 Å². The summed E-state index contributed by atoms with van der Waals surface area (Å²) in [5.74, 6) is 0.112. The van der Waals surface area contributed by atoms with Crippen molar-refractivity contribution in [3.8, 4) is 28.4 Å². The lowest BCUT2D eigenvalue weighted by Crippen LogP contribution is -2.33. The van der Waals surface area contributed by atoms with Gasteiger partial charge in [-0.25, -0.2) is 4.98 Å². The first-order chi connectivity index (χ1) is 19.2. The Morgan fingerprint density at radius 2 is 1.98 bits per heavy atom. The molecule has 4 aromatic heterocycles. The number of carbonyl (C=O) groups excluding carboxylic acids is 1. The van der Waals surface area contributed by atoms with Gasteiger partial charge >= 0.3 is 6.18 Å². The third-order valence-electron chi connectivity index (χ3n) is 5.90. The second-order valence-electron chi connectivity index (χ2n) is 8.63. The van der Waals surface area contributed by atoms with E-state index in [9.17, 15) is 23.1 Å². The molecule has 0 saturated heterocycles. The number of ether oxygens (including phenoxy) is 1. The fraction of sp³-hybridized carbons (Fsp3) is 0.192. The van der Waals surface area contributed by atoms with E-state index in [-0.39, 0.29) is 22.8 Å². The van der Waals surface area contributed by atoms with E-state index in [1.165, 1.54) is 29.2 Å². The van der Waals surface area contributed by atoms with Crippen LogP contribution in [0.25, 0.3) is 22.6 Å². The smallest absolute Gasteiger partial charge is 0.416 e. The van der Waals surface area contributed by atoms with Crippen molar-refractivity contribution >= 4 is 22.9 Å². The van der Waals surface area contributed by atoms with Gasteiger partial charge in [0.25, 0.3) is 5.91 Å². The number of pyridine rings is 1. The van der Waals surface area contributed by atoms with Crippen LogP contribution in [0.3, 0.4) is 0 Å². The lowest BCUT2D eigenvalue weighted by atomic mass is 10.1. The fourth-order valence-corrected chi connectivity index (χ4v) is 4.48. The van der Waals surface area contributed by atoms with Crippen LogP contribution in [0.15, 0.2) is 71.9 Å². The fourth-order valence-electron chi connectivity index (χ4n) is 3.95. The molecule has 0 saturated carbocycles. The minimum absolute atomic E-state index is 0.107. The molecule has 4 heterocycles. The van der Waals surface area contributed by atoms with Gasteiger partial charge in [-0.15, -0.1) is 11.3 Å². The van der Waals surface area contributed by atoms with Gasteiger partial charge in [0.05, 0.1) is 49.0 Å². The van der Waals surface area contributed by atoms with Gasteiger partial charge in [0.1, 0.15) is 17.1 Å². The summed E-state index contributed by atoms with van der Waals surface area (Å²) in [6.07, 6.45) is -3.02. The van der Waals surface area contributed by atoms with Gasteiger partial charge in [0.2, 0.25) is 0 Å². The number of hydrogen-bond donors (Lipinski definition) is 2. The van der Waals surface area contributed by atoms with E-state index in [0.717, 1.165) is 10.2 Å². The molecule has 5 rings (SSSR count). The third kappa shape index (κ3) is 5.87. The molecule has 14 heteroatoms. The number of aliphatic hydroxyl groups excluding tert-OH is 1. The molecule has 0 aliphatic carbocycles. The Hall–Kier alpha value is -4.56. The lowest BCUT2D eigenvalue weighted by Gasteiger charge is -2.16. The van der Waals surface area contributed by atoms with E-state index in [2.05, 4.69) is 25.5 Å². The van der Waals surface area contributed by atoms with Crippen LogP contribution < -0.4 is 10.1 Å². The number of nitrogens with one attached hydrogen (secondary N) is 1. The number of halogens is 3. The normalized spacial score (nSPS) is 12.3. The molecule has 1 atom stereocenters. The van der Waals surface area contributed by atoms with Gasteiger partial charge in [0.15, 0.2) is 6.10 Å². The van der Waals surface area contributed by atoms with Crippen molar-refractivity contribution in [1.29, 1.82) is 0 Å². The van der Waals surface area contributed by atoms with Crippen molar-refractivity contribution in [2.75, 3.05) is 12.4 Å². The van der Waals surface area contributed by atoms with Crippen LogP contribution in [0, 0.1) is 0 Å². The van der Waals surface area contributed by atoms with Crippen molar-refractivity contribution in [3.05, 3.63) is 83.2 Å². The molecule has 10 nitrogen and oxygen atoms in total. The van der Waals surface area contributed by atoms with Crippen molar-refractivity contribution in [1.82, 2.24) is 29.5 Å². The summed E-state index contributed by atoms with van der Waals surface area (Å²) in [6.45, 7) is -0.564. The average molecular weight is 570 g/mol. The zero-order valence-electron chi connectivity index (χ0n) is 20.9. The Morgan fingerprint density at radius 1 is 1.18 bits per heavy atom. The van der Waals surface area contributed by atoms with Crippen molar-refractivity contribution in [3.63, 3.8) is 0 Å². The number of rotatable bonds is 9. The molecule has 2 N–H and O–H groups in total. The highest BCUT2D eigenvalue weighted by Gasteiger charge is 2.39. The van der Waals surface area contributed by atoms with Crippen LogP contribution >= 0.6 is 11.3 Å². The SMILES string of the molecule is COc1ccc(Cn2cc(-c3c(NC(=O)c4cscn4)c(-c4ccccn4)nn3CC(O)C(F)(F)F)cn2)cc1. The van der Waals surface area contributed by atoms with E-state index < -0.39 is 24.7 Å². The molecular formula is C26H22F3N7O3S. The largest absolute Gasteiger partial charge is 0.497 e. The highest BCUT2D eigenvalue weighted by molar-refractivity contribution is 7.07. The summed E-state index contributed by atoms with van der Waals surface area (Å²) >= 11 is 1.22. The number of nitrogens with zero attached hydrogens (tertiary/aromatic N) is 6. The summed E-state index contributed by atoms with van der Waals surface area (Å²) in [4.78, 5) is 21.3. The Balaban J connectivity index is 1.60. The molecule has 0 fully saturated rings. The lowest BCUT2D eigenvalue weighted by molar-refractivity contribution is -0.207. The maximum atomic E-state index is 13.4. The number of aliphatic hydroxyl groups is 1. The van der Waals surface area contributed by atoms with Gasteiger partial charge in [-0.2, -0.15) is 23.4 Å². The molecule has 0 radical (unpaired) electrons. The quantitative estimate of drug-likeness (QED) is 0.268. The Kier molecular flexibility index (Phi) is 7.62. The van der Waals surface area contributed by atoms with E-state index >= 15 is 0 Å². The van der Waals surface area contributed by atoms with Crippen LogP contribution in [-0.2, 0) is 13.1 Å². The maximum Gasteiger partial charge on any atom is 0.416 e. The van der Waals surface area contributed by atoms with Crippen molar-refractivity contribution in [2.24, 2.45) is 0 Å². The van der Waals surface area contributed by atoms with E-state index in [0.29, 0.717) is 23.6 Å². The Labute approximate surface area is 229 Å². The maximum absolute atomic E-state index is 13.4. The number of thiazole rings is 1. The monoisotopic (exact) mass is 569 g/mol. The first kappa shape index (κ1) is 27.0. The molecule has 1 unspecified atom stereocenters. The highest BCUT2D eigenvalue weighted by Crippen LogP contribution is 2.37. The number of methoxy groups -OCH3 is 1. The second kappa shape index (κ2) is 11.3. The minimum atomic E-state index is -4.89. The number of anilines is 1. The van der Waals surface area contributed by atoms with Gasteiger partial charge in [-0.05, 0) is 29.8 Å².